The second-order valence-electron chi connectivity index (χ2n) is 6.07. The molecule has 0 spiro atoms. The molecule has 0 N–H and O–H groups in total. The molecule has 0 aliphatic carbocycles. The maximum absolute atomic E-state index is 12.9. The van der Waals surface area contributed by atoms with Gasteiger partial charge in [0.25, 0.3) is 5.56 Å². The lowest BCUT2D eigenvalue weighted by molar-refractivity contribution is 0.615. The fourth-order valence-corrected chi connectivity index (χ4v) is 3.37. The molecule has 0 fully saturated rings. The minimum Gasteiger partial charge on any atom is -0.291 e. The largest absolute Gasteiger partial charge is 0.291 e. The molecule has 0 saturated carbocycles. The maximum Gasteiger partial charge on any atom is 0.291 e. The molecule has 5 heteroatoms. The summed E-state index contributed by atoms with van der Waals surface area (Å²) in [6, 6.07) is 15.6. The van der Waals surface area contributed by atoms with Crippen LogP contribution in [-0.4, -0.2) is 14.2 Å². The average Bonchev–Trinajstić information content (AvgIpc) is 2.91. The Kier molecular flexibility index (Phi) is 3.43. The maximum atomic E-state index is 12.9. The molecule has 2 aromatic carbocycles. The molecule has 0 aliphatic heterocycles. The molecule has 0 unspecified atom stereocenters. The number of fused-ring (bicyclic) bond motifs is 3. The van der Waals surface area contributed by atoms with Crippen molar-refractivity contribution in [2.45, 2.75) is 20.4 Å². The minimum absolute atomic E-state index is 0.102. The van der Waals surface area contributed by atoms with Crippen LogP contribution in [0.1, 0.15) is 17.0 Å². The number of nitrogens with zero attached hydrogens (tertiary/aromatic N) is 3. The van der Waals surface area contributed by atoms with E-state index in [1.807, 2.05) is 60.7 Å². The predicted molar refractivity (Wildman–Crippen MR) is 97.0 cm³/mol. The van der Waals surface area contributed by atoms with Crippen molar-refractivity contribution >= 4 is 28.0 Å². The Balaban J connectivity index is 1.94. The summed E-state index contributed by atoms with van der Waals surface area (Å²) in [7, 11) is 0. The van der Waals surface area contributed by atoms with Crippen LogP contribution in [0.25, 0.3) is 16.4 Å². The summed E-state index contributed by atoms with van der Waals surface area (Å²) in [5.74, 6) is 0.783. The number of hydrogen-bond acceptors (Lipinski definition) is 2. The van der Waals surface area contributed by atoms with Crippen LogP contribution in [-0.2, 0) is 6.54 Å². The molecular formula is C19H16ClN3O. The van der Waals surface area contributed by atoms with Gasteiger partial charge in [-0.3, -0.25) is 9.20 Å². The highest BCUT2D eigenvalue weighted by Gasteiger charge is 2.12. The zero-order chi connectivity index (χ0) is 16.8. The number of halogens is 1. The molecule has 2 aromatic heterocycles. The van der Waals surface area contributed by atoms with E-state index in [4.69, 9.17) is 11.6 Å². The van der Waals surface area contributed by atoms with Gasteiger partial charge in [-0.05, 0) is 49.7 Å². The van der Waals surface area contributed by atoms with Crippen molar-refractivity contribution in [3.8, 4) is 0 Å². The zero-order valence-corrected chi connectivity index (χ0v) is 14.2. The highest BCUT2D eigenvalue weighted by atomic mass is 35.5. The summed E-state index contributed by atoms with van der Waals surface area (Å²) < 4.78 is 3.42. The smallest absolute Gasteiger partial charge is 0.291 e. The Hall–Kier alpha value is -2.59. The quantitative estimate of drug-likeness (QED) is 0.555. The number of benzene rings is 2. The van der Waals surface area contributed by atoms with E-state index >= 15 is 0 Å². The van der Waals surface area contributed by atoms with Crippen molar-refractivity contribution in [3.63, 3.8) is 0 Å². The summed E-state index contributed by atoms with van der Waals surface area (Å²) in [5.41, 5.74) is 3.67. The zero-order valence-electron chi connectivity index (χ0n) is 13.5. The van der Waals surface area contributed by atoms with E-state index in [0.29, 0.717) is 17.1 Å². The molecule has 4 aromatic rings. The summed E-state index contributed by atoms with van der Waals surface area (Å²) in [5, 5.41) is 6.20. The van der Waals surface area contributed by atoms with Crippen molar-refractivity contribution in [3.05, 3.63) is 80.9 Å². The number of hydrogen-bond donors (Lipinski definition) is 0. The first-order valence-corrected chi connectivity index (χ1v) is 8.15. The molecule has 0 amide bonds. The van der Waals surface area contributed by atoms with Crippen molar-refractivity contribution in [2.24, 2.45) is 0 Å². The van der Waals surface area contributed by atoms with E-state index < -0.39 is 0 Å². The van der Waals surface area contributed by atoms with E-state index in [0.717, 1.165) is 22.3 Å². The summed E-state index contributed by atoms with van der Waals surface area (Å²) in [4.78, 5) is 12.9. The Morgan fingerprint density at radius 2 is 1.88 bits per heavy atom. The van der Waals surface area contributed by atoms with Crippen LogP contribution in [0, 0.1) is 13.8 Å². The summed E-state index contributed by atoms with van der Waals surface area (Å²) >= 11 is 6.03. The van der Waals surface area contributed by atoms with Crippen LogP contribution in [0.3, 0.4) is 0 Å². The van der Waals surface area contributed by atoms with Gasteiger partial charge in [-0.15, -0.1) is 0 Å². The molecule has 120 valence electrons. The molecule has 4 nitrogen and oxygen atoms in total. The topological polar surface area (TPSA) is 39.3 Å². The first-order chi connectivity index (χ1) is 11.5. The van der Waals surface area contributed by atoms with Gasteiger partial charge in [0.2, 0.25) is 0 Å². The highest BCUT2D eigenvalue weighted by molar-refractivity contribution is 6.30. The normalized spacial score (nSPS) is 11.5. The van der Waals surface area contributed by atoms with Gasteiger partial charge in [0, 0.05) is 10.4 Å². The third kappa shape index (κ3) is 2.39. The van der Waals surface area contributed by atoms with Gasteiger partial charge >= 0.3 is 0 Å². The fraction of sp³-hybridized carbons (Fsp3) is 0.158. The second kappa shape index (κ2) is 5.49. The number of aromatic nitrogens is 3. The first-order valence-electron chi connectivity index (χ1n) is 7.77. The van der Waals surface area contributed by atoms with E-state index in [9.17, 15) is 4.79 Å². The molecule has 0 atom stereocenters. The monoisotopic (exact) mass is 337 g/mol. The van der Waals surface area contributed by atoms with Gasteiger partial charge in [-0.2, -0.15) is 5.10 Å². The summed E-state index contributed by atoms with van der Waals surface area (Å²) in [6.07, 6.45) is 0. The van der Waals surface area contributed by atoms with Gasteiger partial charge < -0.3 is 0 Å². The molecule has 0 aliphatic rings. The lowest BCUT2D eigenvalue weighted by Gasteiger charge is -2.09. The second-order valence-corrected chi connectivity index (χ2v) is 6.50. The van der Waals surface area contributed by atoms with Crippen molar-refractivity contribution < 1.29 is 0 Å². The molecule has 4 rings (SSSR count). The SMILES string of the molecule is Cc1ccc2c(c1)cc1c(=O)n(Cc3cccc(Cl)c3)nc(C)n12. The predicted octanol–water partition coefficient (Wildman–Crippen LogP) is 3.97. The van der Waals surface area contributed by atoms with Crippen LogP contribution in [0.4, 0.5) is 0 Å². The van der Waals surface area contributed by atoms with E-state index in [1.54, 1.807) is 0 Å². The Labute approximate surface area is 143 Å². The lowest BCUT2D eigenvalue weighted by atomic mass is 10.2. The van der Waals surface area contributed by atoms with Crippen LogP contribution >= 0.6 is 11.6 Å². The van der Waals surface area contributed by atoms with Crippen LogP contribution < -0.4 is 5.56 Å². The van der Waals surface area contributed by atoms with Gasteiger partial charge in [0.05, 0.1) is 12.1 Å². The Morgan fingerprint density at radius 3 is 2.67 bits per heavy atom. The lowest BCUT2D eigenvalue weighted by Crippen LogP contribution is -2.26. The van der Waals surface area contributed by atoms with E-state index in [1.165, 1.54) is 10.2 Å². The highest BCUT2D eigenvalue weighted by Crippen LogP contribution is 2.20. The third-order valence-electron chi connectivity index (χ3n) is 4.22. The number of rotatable bonds is 2. The molecule has 2 heterocycles. The van der Waals surface area contributed by atoms with Crippen LogP contribution in [0.5, 0.6) is 0 Å². The van der Waals surface area contributed by atoms with Crippen LogP contribution in [0.15, 0.2) is 53.3 Å². The first kappa shape index (κ1) is 15.0. The fourth-order valence-electron chi connectivity index (χ4n) is 3.15. The Morgan fingerprint density at radius 1 is 1.04 bits per heavy atom. The van der Waals surface area contributed by atoms with Crippen molar-refractivity contribution in [1.82, 2.24) is 14.2 Å². The standard InChI is InChI=1S/C19H16ClN3O/c1-12-6-7-17-15(8-12)10-18-19(24)22(21-13(2)23(17)18)11-14-4-3-5-16(20)9-14/h3-10H,11H2,1-2H3. The molecule has 0 radical (unpaired) electrons. The molecular weight excluding hydrogens is 322 g/mol. The number of aryl methyl sites for hydroxylation is 2. The van der Waals surface area contributed by atoms with Gasteiger partial charge in [-0.25, -0.2) is 4.68 Å². The van der Waals surface area contributed by atoms with Gasteiger partial charge in [-0.1, -0.05) is 35.4 Å². The van der Waals surface area contributed by atoms with Crippen LogP contribution in [0.2, 0.25) is 5.02 Å². The van der Waals surface area contributed by atoms with Crippen molar-refractivity contribution in [2.75, 3.05) is 0 Å². The third-order valence-corrected chi connectivity index (χ3v) is 4.46. The Bertz CT molecular complexity index is 1140. The van der Waals surface area contributed by atoms with E-state index in [2.05, 4.69) is 11.2 Å². The molecule has 24 heavy (non-hydrogen) atoms. The van der Waals surface area contributed by atoms with Gasteiger partial charge in [0.1, 0.15) is 11.3 Å². The van der Waals surface area contributed by atoms with E-state index in [-0.39, 0.29) is 5.56 Å². The molecule has 0 saturated heterocycles. The van der Waals surface area contributed by atoms with Gasteiger partial charge in [0.15, 0.2) is 0 Å². The van der Waals surface area contributed by atoms with Crippen molar-refractivity contribution in [1.29, 1.82) is 0 Å². The molecule has 0 bridgehead atoms. The summed E-state index contributed by atoms with van der Waals surface area (Å²) in [6.45, 7) is 4.36. The minimum atomic E-state index is -0.102. The average molecular weight is 338 g/mol.